The molecule has 1 aromatic rings. The van der Waals surface area contributed by atoms with E-state index in [4.69, 9.17) is 4.74 Å². The number of hydrogen-bond donors (Lipinski definition) is 1. The Kier molecular flexibility index (Phi) is 4.74. The zero-order valence-electron chi connectivity index (χ0n) is 15.6. The first kappa shape index (κ1) is 17.3. The van der Waals surface area contributed by atoms with Crippen molar-refractivity contribution in [1.82, 2.24) is 4.90 Å². The molecule has 0 amide bonds. The van der Waals surface area contributed by atoms with Crippen LogP contribution in [-0.2, 0) is 17.7 Å². The van der Waals surface area contributed by atoms with Gasteiger partial charge in [0.2, 0.25) is 0 Å². The Balaban J connectivity index is 1.21. The molecule has 1 heterocycles. The van der Waals surface area contributed by atoms with Crippen molar-refractivity contribution in [2.45, 2.75) is 45.8 Å². The zero-order valence-corrected chi connectivity index (χ0v) is 15.6. The molecule has 3 nitrogen and oxygen atoms in total. The number of hydrogen-bond acceptors (Lipinski definition) is 3. The molecule has 0 unspecified atom stereocenters. The zero-order chi connectivity index (χ0) is 17.4. The van der Waals surface area contributed by atoms with Gasteiger partial charge in [0, 0.05) is 19.6 Å². The van der Waals surface area contributed by atoms with E-state index in [1.165, 1.54) is 29.5 Å². The lowest BCUT2D eigenvalue weighted by atomic mass is 9.49. The largest absolute Gasteiger partial charge is 0.389 e. The smallest absolute Gasteiger partial charge is 0.0900 e. The Morgan fingerprint density at radius 3 is 2.84 bits per heavy atom. The monoisotopic (exact) mass is 341 g/mol. The van der Waals surface area contributed by atoms with Crippen LogP contribution < -0.4 is 0 Å². The molecule has 1 N–H and O–H groups in total. The molecule has 0 spiro atoms. The second-order valence-electron chi connectivity index (χ2n) is 8.74. The summed E-state index contributed by atoms with van der Waals surface area (Å²) in [5.41, 5.74) is 4.77. The van der Waals surface area contributed by atoms with Crippen LogP contribution in [0.3, 0.4) is 0 Å². The third-order valence-corrected chi connectivity index (χ3v) is 6.84. The van der Waals surface area contributed by atoms with Gasteiger partial charge in [0.1, 0.15) is 0 Å². The van der Waals surface area contributed by atoms with Gasteiger partial charge in [0.05, 0.1) is 19.3 Å². The molecule has 1 saturated carbocycles. The predicted molar refractivity (Wildman–Crippen MR) is 100 cm³/mol. The molecule has 1 aromatic carbocycles. The van der Waals surface area contributed by atoms with E-state index in [-0.39, 0.29) is 0 Å². The summed E-state index contributed by atoms with van der Waals surface area (Å²) in [4.78, 5) is 2.34. The van der Waals surface area contributed by atoms with E-state index in [0.29, 0.717) is 31.1 Å². The molecule has 136 valence electrons. The second-order valence-corrected chi connectivity index (χ2v) is 8.74. The number of aliphatic hydroxyl groups is 1. The minimum atomic E-state index is -0.406. The number of β-amino-alcohol motifs (C(OH)–C–C–N with tert-alkyl or cyclic N) is 1. The maximum atomic E-state index is 10.4. The lowest BCUT2D eigenvalue weighted by molar-refractivity contribution is -0.0265. The Labute approximate surface area is 151 Å². The summed E-state index contributed by atoms with van der Waals surface area (Å²) < 4.78 is 5.89. The molecule has 0 aromatic heterocycles. The van der Waals surface area contributed by atoms with Crippen LogP contribution in [0.4, 0.5) is 0 Å². The van der Waals surface area contributed by atoms with Crippen molar-refractivity contribution in [1.29, 1.82) is 0 Å². The van der Waals surface area contributed by atoms with Gasteiger partial charge in [-0.15, -0.1) is 0 Å². The van der Waals surface area contributed by atoms with Crippen LogP contribution in [0.5, 0.6) is 0 Å². The van der Waals surface area contributed by atoms with Crippen molar-refractivity contribution in [2.75, 3.05) is 26.3 Å². The fourth-order valence-electron chi connectivity index (χ4n) is 5.01. The molecular weight excluding hydrogens is 310 g/mol. The van der Waals surface area contributed by atoms with Crippen LogP contribution in [0.1, 0.15) is 37.8 Å². The highest BCUT2D eigenvalue weighted by Gasteiger charge is 2.50. The topological polar surface area (TPSA) is 32.7 Å². The van der Waals surface area contributed by atoms with Gasteiger partial charge in [-0.3, -0.25) is 4.90 Å². The van der Waals surface area contributed by atoms with E-state index in [9.17, 15) is 5.11 Å². The molecule has 3 atom stereocenters. The van der Waals surface area contributed by atoms with Crippen molar-refractivity contribution >= 4 is 0 Å². The fourth-order valence-corrected chi connectivity index (χ4v) is 5.01. The average Bonchev–Trinajstić information content (AvgIpc) is 2.61. The number of fused-ring (bicyclic) bond motifs is 2. The predicted octanol–water partition coefficient (Wildman–Crippen LogP) is 3.41. The molecule has 3 aliphatic carbocycles. The first-order valence-corrected chi connectivity index (χ1v) is 9.78. The number of rotatable bonds is 6. The summed E-state index contributed by atoms with van der Waals surface area (Å²) in [6.45, 7) is 8.58. The number of benzene rings is 1. The van der Waals surface area contributed by atoms with Gasteiger partial charge in [0.25, 0.3) is 0 Å². The summed E-state index contributed by atoms with van der Waals surface area (Å²) in [5, 5.41) is 10.4. The maximum Gasteiger partial charge on any atom is 0.0900 e. The molecule has 5 rings (SSSR count). The van der Waals surface area contributed by atoms with E-state index < -0.39 is 6.10 Å². The van der Waals surface area contributed by atoms with E-state index in [1.54, 1.807) is 0 Å². The molecule has 1 fully saturated rings. The maximum absolute atomic E-state index is 10.4. The third kappa shape index (κ3) is 3.42. The molecule has 4 aliphatic rings. The molecule has 3 heteroatoms. The Hall–Kier alpha value is -1.16. The van der Waals surface area contributed by atoms with E-state index in [2.05, 4.69) is 49.1 Å². The van der Waals surface area contributed by atoms with Crippen LogP contribution in [0.15, 0.2) is 35.9 Å². The standard InChI is InChI=1S/C22H31NO2/c1-22(2)19-8-7-18(21(22)11-19)14-25-15-20(24)13-23-10-9-16-5-3-4-6-17(16)12-23/h3-7,19-21,24H,8-15H2,1-2H3/t19-,20+,21+/m1/s1. The molecule has 25 heavy (non-hydrogen) atoms. The van der Waals surface area contributed by atoms with Crippen LogP contribution >= 0.6 is 0 Å². The number of aliphatic hydroxyl groups excluding tert-OH is 1. The highest BCUT2D eigenvalue weighted by atomic mass is 16.5. The number of ether oxygens (including phenoxy) is 1. The van der Waals surface area contributed by atoms with Crippen molar-refractivity contribution in [3.8, 4) is 0 Å². The SMILES string of the molecule is CC1(C)[C@@H]2CC=C(COC[C@@H](O)CN3CCc4ccccc4C3)[C@@H]1C2. The van der Waals surface area contributed by atoms with Gasteiger partial charge in [0.15, 0.2) is 0 Å². The Morgan fingerprint density at radius 1 is 1.28 bits per heavy atom. The minimum Gasteiger partial charge on any atom is -0.389 e. The minimum absolute atomic E-state index is 0.406. The highest BCUT2D eigenvalue weighted by Crippen LogP contribution is 2.59. The molecule has 0 saturated heterocycles. The summed E-state index contributed by atoms with van der Waals surface area (Å²) in [6.07, 6.45) is 5.60. The summed E-state index contributed by atoms with van der Waals surface area (Å²) >= 11 is 0. The first-order chi connectivity index (χ1) is 12.0. The van der Waals surface area contributed by atoms with Crippen LogP contribution in [0.2, 0.25) is 0 Å². The van der Waals surface area contributed by atoms with Crippen LogP contribution in [0.25, 0.3) is 0 Å². The Bertz CT molecular complexity index is 651. The lowest BCUT2D eigenvalue weighted by Crippen LogP contribution is -2.48. The van der Waals surface area contributed by atoms with Gasteiger partial charge >= 0.3 is 0 Å². The van der Waals surface area contributed by atoms with E-state index in [0.717, 1.165) is 25.4 Å². The second kappa shape index (κ2) is 6.86. The van der Waals surface area contributed by atoms with E-state index >= 15 is 0 Å². The van der Waals surface area contributed by atoms with Gasteiger partial charge in [-0.05, 0) is 53.2 Å². The van der Waals surface area contributed by atoms with Crippen molar-refractivity contribution in [2.24, 2.45) is 17.3 Å². The molecular formula is C22H31NO2. The Morgan fingerprint density at radius 2 is 2.08 bits per heavy atom. The number of allylic oxidation sites excluding steroid dienone is 1. The lowest BCUT2D eigenvalue weighted by Gasteiger charge is -2.56. The van der Waals surface area contributed by atoms with Crippen molar-refractivity contribution in [3.05, 3.63) is 47.0 Å². The van der Waals surface area contributed by atoms with Crippen LogP contribution in [0, 0.1) is 17.3 Å². The third-order valence-electron chi connectivity index (χ3n) is 6.84. The van der Waals surface area contributed by atoms with Gasteiger partial charge in [-0.25, -0.2) is 0 Å². The molecule has 2 bridgehead atoms. The molecule has 0 radical (unpaired) electrons. The highest BCUT2D eigenvalue weighted by molar-refractivity contribution is 5.29. The summed E-state index contributed by atoms with van der Waals surface area (Å²) in [5.74, 6) is 1.57. The van der Waals surface area contributed by atoms with E-state index in [1.807, 2.05) is 0 Å². The number of nitrogens with zero attached hydrogens (tertiary/aromatic N) is 1. The van der Waals surface area contributed by atoms with Crippen molar-refractivity contribution < 1.29 is 9.84 Å². The molecule has 1 aliphatic heterocycles. The van der Waals surface area contributed by atoms with Gasteiger partial charge in [-0.1, -0.05) is 44.2 Å². The average molecular weight is 341 g/mol. The quantitative estimate of drug-likeness (QED) is 0.805. The van der Waals surface area contributed by atoms with Gasteiger partial charge in [-0.2, -0.15) is 0 Å². The summed E-state index contributed by atoms with van der Waals surface area (Å²) in [6, 6.07) is 8.64. The van der Waals surface area contributed by atoms with Gasteiger partial charge < -0.3 is 9.84 Å². The summed E-state index contributed by atoms with van der Waals surface area (Å²) in [7, 11) is 0. The normalized spacial score (nSPS) is 28.7. The van der Waals surface area contributed by atoms with Crippen LogP contribution in [-0.4, -0.2) is 42.4 Å². The fraction of sp³-hybridized carbons (Fsp3) is 0.636. The van der Waals surface area contributed by atoms with Crippen molar-refractivity contribution in [3.63, 3.8) is 0 Å². The first-order valence-electron chi connectivity index (χ1n) is 9.78.